The molecule has 0 aliphatic carbocycles. The molecule has 1 aliphatic rings. The lowest BCUT2D eigenvalue weighted by Gasteiger charge is -2.47. The summed E-state index contributed by atoms with van der Waals surface area (Å²) in [4.78, 5) is 15.5. The number of nitrogens with zero attached hydrogens (tertiary/aromatic N) is 1. The summed E-state index contributed by atoms with van der Waals surface area (Å²) in [5.41, 5.74) is 6.94. The van der Waals surface area contributed by atoms with Crippen molar-refractivity contribution >= 4 is 5.91 Å². The number of hydrogen-bond donors (Lipinski definition) is 1. The number of amides is 1. The van der Waals surface area contributed by atoms with Gasteiger partial charge < -0.3 is 10.2 Å². The molecule has 1 aromatic carbocycles. The number of nitrogens with one attached hydrogen (secondary N) is 1. The van der Waals surface area contributed by atoms with Crippen LogP contribution in [0.1, 0.15) is 65.9 Å². The van der Waals surface area contributed by atoms with Gasteiger partial charge in [-0.05, 0) is 88.1 Å². The van der Waals surface area contributed by atoms with E-state index in [9.17, 15) is 4.79 Å². The fourth-order valence-corrected chi connectivity index (χ4v) is 4.71. The molecule has 25 heavy (non-hydrogen) atoms. The fourth-order valence-electron chi connectivity index (χ4n) is 4.71. The maximum atomic E-state index is 13.5. The van der Waals surface area contributed by atoms with Crippen molar-refractivity contribution in [3.8, 4) is 0 Å². The summed E-state index contributed by atoms with van der Waals surface area (Å²) in [7, 11) is 1.98. The van der Waals surface area contributed by atoms with E-state index in [1.165, 1.54) is 16.7 Å². The molecule has 3 heteroatoms. The molecule has 1 N–H and O–H groups in total. The lowest BCUT2D eigenvalue weighted by atomic mass is 9.76. The fraction of sp³-hybridized carbons (Fsp3) is 0.682. The number of likely N-dealkylation sites (N-methyl/N-ethyl adjacent to an activating group) is 1. The first kappa shape index (κ1) is 20.0. The van der Waals surface area contributed by atoms with Gasteiger partial charge in [-0.1, -0.05) is 13.8 Å². The number of piperidine rings is 1. The molecule has 1 aromatic rings. The molecule has 0 aromatic heterocycles. The second kappa shape index (κ2) is 7.11. The van der Waals surface area contributed by atoms with Crippen molar-refractivity contribution in [2.24, 2.45) is 11.8 Å². The van der Waals surface area contributed by atoms with Gasteiger partial charge in [-0.3, -0.25) is 4.79 Å². The van der Waals surface area contributed by atoms with Gasteiger partial charge in [0.1, 0.15) is 0 Å². The number of hydrogen-bond acceptors (Lipinski definition) is 2. The van der Waals surface area contributed by atoms with Gasteiger partial charge in [0.15, 0.2) is 0 Å². The van der Waals surface area contributed by atoms with E-state index in [0.29, 0.717) is 23.9 Å². The molecule has 2 rings (SSSR count). The number of carbonyl (C=O) groups is 1. The van der Waals surface area contributed by atoms with Gasteiger partial charge in [0.25, 0.3) is 5.91 Å². The third-order valence-corrected chi connectivity index (χ3v) is 7.18. The SMILES string of the molecule is Cc1c(C)c(C)c(C(=O)N(C)C2C(C)NC(C)C(C)C2C)c(C)c1C. The van der Waals surface area contributed by atoms with E-state index in [4.69, 9.17) is 0 Å². The molecule has 0 bridgehead atoms. The summed E-state index contributed by atoms with van der Waals surface area (Å²) in [5.74, 6) is 1.17. The number of benzene rings is 1. The molecule has 0 spiro atoms. The van der Waals surface area contributed by atoms with E-state index in [1.807, 2.05) is 11.9 Å². The molecule has 1 fully saturated rings. The summed E-state index contributed by atoms with van der Waals surface area (Å²) in [6.07, 6.45) is 0. The molecule has 1 aliphatic heterocycles. The number of carbonyl (C=O) groups excluding carboxylic acids is 1. The van der Waals surface area contributed by atoms with Gasteiger partial charge in [-0.15, -0.1) is 0 Å². The van der Waals surface area contributed by atoms with Crippen LogP contribution < -0.4 is 5.32 Å². The molecule has 3 nitrogen and oxygen atoms in total. The molecule has 0 radical (unpaired) electrons. The lowest BCUT2D eigenvalue weighted by Crippen LogP contribution is -2.62. The van der Waals surface area contributed by atoms with E-state index >= 15 is 0 Å². The zero-order chi connectivity index (χ0) is 19.2. The van der Waals surface area contributed by atoms with E-state index in [-0.39, 0.29) is 11.9 Å². The highest BCUT2D eigenvalue weighted by atomic mass is 16.2. The topological polar surface area (TPSA) is 32.3 Å². The summed E-state index contributed by atoms with van der Waals surface area (Å²) in [6.45, 7) is 19.6. The molecule has 0 saturated carbocycles. The minimum atomic E-state index is 0.161. The molecule has 1 saturated heterocycles. The monoisotopic (exact) mass is 344 g/mol. The molecule has 5 unspecified atom stereocenters. The van der Waals surface area contributed by atoms with E-state index < -0.39 is 0 Å². The van der Waals surface area contributed by atoms with Gasteiger partial charge in [0.2, 0.25) is 0 Å². The van der Waals surface area contributed by atoms with Crippen molar-refractivity contribution in [3.05, 3.63) is 33.4 Å². The molecular weight excluding hydrogens is 308 g/mol. The zero-order valence-electron chi connectivity index (χ0n) is 17.7. The van der Waals surface area contributed by atoms with Gasteiger partial charge >= 0.3 is 0 Å². The van der Waals surface area contributed by atoms with Crippen LogP contribution in [0, 0.1) is 46.5 Å². The minimum absolute atomic E-state index is 0.161. The standard InChI is InChI=1S/C22H36N2O/c1-11-12(2)15(5)20(16(6)13(11)3)22(25)24(10)21-17(7)14(4)18(8)23-19(21)9/h14,17-19,21,23H,1-10H3. The molecular formula is C22H36N2O. The molecule has 140 valence electrons. The Morgan fingerprint density at radius 1 is 0.760 bits per heavy atom. The van der Waals surface area contributed by atoms with Crippen molar-refractivity contribution < 1.29 is 4.79 Å². The first-order valence-electron chi connectivity index (χ1n) is 9.60. The van der Waals surface area contributed by atoms with Gasteiger partial charge in [-0.25, -0.2) is 0 Å². The first-order valence-corrected chi connectivity index (χ1v) is 9.60. The van der Waals surface area contributed by atoms with Crippen LogP contribution in [0.5, 0.6) is 0 Å². The summed E-state index contributed by atoms with van der Waals surface area (Å²) >= 11 is 0. The second-order valence-electron chi connectivity index (χ2n) is 8.37. The molecule has 5 atom stereocenters. The van der Waals surface area contributed by atoms with Crippen LogP contribution in [0.25, 0.3) is 0 Å². The summed E-state index contributed by atoms with van der Waals surface area (Å²) in [5, 5.41) is 3.66. The summed E-state index contributed by atoms with van der Waals surface area (Å²) < 4.78 is 0. The highest BCUT2D eigenvalue weighted by Crippen LogP contribution is 2.32. The van der Waals surface area contributed by atoms with E-state index in [0.717, 1.165) is 16.7 Å². The third-order valence-electron chi connectivity index (χ3n) is 7.18. The average molecular weight is 345 g/mol. The normalized spacial score (nSPS) is 29.6. The Hall–Kier alpha value is -1.35. The first-order chi connectivity index (χ1) is 11.5. The maximum absolute atomic E-state index is 13.5. The lowest BCUT2D eigenvalue weighted by molar-refractivity contribution is 0.0411. The van der Waals surface area contributed by atoms with Gasteiger partial charge in [-0.2, -0.15) is 0 Å². The Bertz CT molecular complexity index is 650. The van der Waals surface area contributed by atoms with Crippen LogP contribution in [-0.2, 0) is 0 Å². The minimum Gasteiger partial charge on any atom is -0.337 e. The van der Waals surface area contributed by atoms with Crippen molar-refractivity contribution in [2.75, 3.05) is 7.05 Å². The predicted molar refractivity (Wildman–Crippen MR) is 106 cm³/mol. The molecule has 1 heterocycles. The summed E-state index contributed by atoms with van der Waals surface area (Å²) in [6, 6.07) is 0.986. The Labute approximate surface area is 154 Å². The van der Waals surface area contributed by atoms with Crippen LogP contribution in [0.15, 0.2) is 0 Å². The number of rotatable bonds is 2. The Balaban J connectivity index is 2.45. The predicted octanol–water partition coefficient (Wildman–Crippen LogP) is 4.32. The second-order valence-corrected chi connectivity index (χ2v) is 8.37. The Kier molecular flexibility index (Phi) is 5.68. The van der Waals surface area contributed by atoms with Gasteiger partial charge in [0, 0.05) is 30.7 Å². The van der Waals surface area contributed by atoms with Crippen molar-refractivity contribution in [2.45, 2.75) is 80.4 Å². The van der Waals surface area contributed by atoms with E-state index in [1.54, 1.807) is 0 Å². The van der Waals surface area contributed by atoms with Crippen LogP contribution in [0.3, 0.4) is 0 Å². The zero-order valence-corrected chi connectivity index (χ0v) is 17.7. The maximum Gasteiger partial charge on any atom is 0.254 e. The van der Waals surface area contributed by atoms with Crippen LogP contribution >= 0.6 is 0 Å². The highest BCUT2D eigenvalue weighted by molar-refractivity contribution is 5.98. The largest absolute Gasteiger partial charge is 0.337 e. The quantitative estimate of drug-likeness (QED) is 0.866. The smallest absolute Gasteiger partial charge is 0.254 e. The third kappa shape index (κ3) is 3.23. The molecule has 1 amide bonds. The van der Waals surface area contributed by atoms with Crippen LogP contribution in [0.4, 0.5) is 0 Å². The van der Waals surface area contributed by atoms with Crippen LogP contribution in [0.2, 0.25) is 0 Å². The van der Waals surface area contributed by atoms with Crippen LogP contribution in [-0.4, -0.2) is 36.0 Å². The Morgan fingerprint density at radius 3 is 1.68 bits per heavy atom. The van der Waals surface area contributed by atoms with Crippen molar-refractivity contribution in [3.63, 3.8) is 0 Å². The van der Waals surface area contributed by atoms with Gasteiger partial charge in [0.05, 0.1) is 0 Å². The Morgan fingerprint density at radius 2 is 1.20 bits per heavy atom. The van der Waals surface area contributed by atoms with Crippen molar-refractivity contribution in [1.29, 1.82) is 0 Å². The average Bonchev–Trinajstić information content (AvgIpc) is 2.56. The highest BCUT2D eigenvalue weighted by Gasteiger charge is 2.40. The van der Waals surface area contributed by atoms with Crippen molar-refractivity contribution in [1.82, 2.24) is 10.2 Å². The van der Waals surface area contributed by atoms with E-state index in [2.05, 4.69) is 67.6 Å².